The molecule has 3 aromatic rings. The van der Waals surface area contributed by atoms with E-state index in [0.717, 1.165) is 11.3 Å². The molecule has 0 atom stereocenters. The topological polar surface area (TPSA) is 81.9 Å². The Hall–Kier alpha value is -2.58. The highest BCUT2D eigenvalue weighted by molar-refractivity contribution is 7.99. The molecule has 1 amide bonds. The van der Waals surface area contributed by atoms with Gasteiger partial charge in [0.2, 0.25) is 11.1 Å². The van der Waals surface area contributed by atoms with Gasteiger partial charge in [-0.15, -0.1) is 5.10 Å². The van der Waals surface area contributed by atoms with E-state index in [1.165, 1.54) is 11.8 Å². The molecular weight excluding hydrogens is 374 g/mol. The summed E-state index contributed by atoms with van der Waals surface area (Å²) in [7, 11) is 1.58. The van der Waals surface area contributed by atoms with Crippen molar-refractivity contribution < 1.29 is 9.53 Å². The second-order valence-corrected chi connectivity index (χ2v) is 6.75. The van der Waals surface area contributed by atoms with Gasteiger partial charge in [0.1, 0.15) is 5.75 Å². The predicted molar refractivity (Wildman–Crippen MR) is 101 cm³/mol. The average molecular weight is 390 g/mol. The van der Waals surface area contributed by atoms with E-state index >= 15 is 0 Å². The van der Waals surface area contributed by atoms with Gasteiger partial charge in [0, 0.05) is 16.8 Å². The van der Waals surface area contributed by atoms with E-state index in [9.17, 15) is 4.79 Å². The van der Waals surface area contributed by atoms with Crippen molar-refractivity contribution in [3.63, 3.8) is 0 Å². The Morgan fingerprint density at radius 1 is 1.31 bits per heavy atom. The number of amides is 1. The number of hydrogen-bond acceptors (Lipinski definition) is 6. The van der Waals surface area contributed by atoms with Gasteiger partial charge in [-0.2, -0.15) is 4.68 Å². The molecule has 3 rings (SSSR count). The summed E-state index contributed by atoms with van der Waals surface area (Å²) in [5.74, 6) is 0.674. The fourth-order valence-corrected chi connectivity index (χ4v) is 3.11. The second kappa shape index (κ2) is 8.20. The normalized spacial score (nSPS) is 10.6. The van der Waals surface area contributed by atoms with Crippen LogP contribution in [0.5, 0.6) is 5.75 Å². The molecule has 0 saturated heterocycles. The third-order valence-electron chi connectivity index (χ3n) is 3.53. The van der Waals surface area contributed by atoms with Crippen molar-refractivity contribution in [1.29, 1.82) is 0 Å². The number of aryl methyl sites for hydroxylation is 1. The first-order valence-electron chi connectivity index (χ1n) is 7.68. The molecule has 0 spiro atoms. The minimum absolute atomic E-state index is 0.164. The van der Waals surface area contributed by atoms with Crippen LogP contribution in [0.1, 0.15) is 5.56 Å². The third kappa shape index (κ3) is 4.33. The summed E-state index contributed by atoms with van der Waals surface area (Å²) in [4.78, 5) is 12.2. The molecule has 0 aliphatic heterocycles. The Bertz CT molecular complexity index is 931. The van der Waals surface area contributed by atoms with Gasteiger partial charge in [0.05, 0.1) is 18.6 Å². The Morgan fingerprint density at radius 2 is 2.15 bits per heavy atom. The van der Waals surface area contributed by atoms with Crippen molar-refractivity contribution in [1.82, 2.24) is 20.2 Å². The van der Waals surface area contributed by atoms with Crippen molar-refractivity contribution in [2.45, 2.75) is 12.1 Å². The number of carbonyl (C=O) groups is 1. The maximum atomic E-state index is 12.2. The predicted octanol–water partition coefficient (Wildman–Crippen LogP) is 3.36. The number of halogens is 1. The number of rotatable bonds is 6. The first kappa shape index (κ1) is 18.2. The van der Waals surface area contributed by atoms with E-state index in [-0.39, 0.29) is 11.7 Å². The number of aromatic nitrogens is 4. The lowest BCUT2D eigenvalue weighted by molar-refractivity contribution is -0.113. The Kier molecular flexibility index (Phi) is 5.75. The minimum Gasteiger partial charge on any atom is -0.497 e. The van der Waals surface area contributed by atoms with Crippen LogP contribution in [0.2, 0.25) is 5.02 Å². The quantitative estimate of drug-likeness (QED) is 0.651. The van der Waals surface area contributed by atoms with Gasteiger partial charge in [0.25, 0.3) is 0 Å². The monoisotopic (exact) mass is 389 g/mol. The molecule has 1 N–H and O–H groups in total. The Balaban J connectivity index is 1.68. The molecule has 9 heteroatoms. The van der Waals surface area contributed by atoms with Crippen LogP contribution in [-0.2, 0) is 4.79 Å². The van der Waals surface area contributed by atoms with Gasteiger partial charge in [-0.25, -0.2) is 0 Å². The van der Waals surface area contributed by atoms with Gasteiger partial charge in [-0.3, -0.25) is 4.79 Å². The standard InChI is InChI=1S/C17H16ClN5O2S/c1-11-6-7-12(18)8-15(11)23-17(20-21-22-23)26-10-16(24)19-13-4-3-5-14(9-13)25-2/h3-9H,10H2,1-2H3,(H,19,24). The lowest BCUT2D eigenvalue weighted by atomic mass is 10.2. The molecule has 0 unspecified atom stereocenters. The van der Waals surface area contributed by atoms with Crippen LogP contribution in [0.25, 0.3) is 5.69 Å². The number of hydrogen-bond donors (Lipinski definition) is 1. The van der Waals surface area contributed by atoms with E-state index in [1.807, 2.05) is 25.1 Å². The average Bonchev–Trinajstić information content (AvgIpc) is 3.10. The summed E-state index contributed by atoms with van der Waals surface area (Å²) in [6.07, 6.45) is 0. The lowest BCUT2D eigenvalue weighted by Gasteiger charge is -2.09. The molecule has 2 aromatic carbocycles. The molecule has 7 nitrogen and oxygen atoms in total. The minimum atomic E-state index is -0.166. The maximum absolute atomic E-state index is 12.2. The summed E-state index contributed by atoms with van der Waals surface area (Å²) >= 11 is 7.31. The summed E-state index contributed by atoms with van der Waals surface area (Å²) in [6, 6.07) is 12.7. The summed E-state index contributed by atoms with van der Waals surface area (Å²) in [5.41, 5.74) is 2.42. The molecule has 0 saturated carbocycles. The third-order valence-corrected chi connectivity index (χ3v) is 4.68. The van der Waals surface area contributed by atoms with E-state index in [2.05, 4.69) is 20.8 Å². The van der Waals surface area contributed by atoms with Gasteiger partial charge < -0.3 is 10.1 Å². The molecule has 0 bridgehead atoms. The zero-order chi connectivity index (χ0) is 18.5. The molecule has 134 valence electrons. The van der Waals surface area contributed by atoms with Crippen molar-refractivity contribution in [3.05, 3.63) is 53.1 Å². The number of methoxy groups -OCH3 is 1. The van der Waals surface area contributed by atoms with Gasteiger partial charge >= 0.3 is 0 Å². The number of tetrazole rings is 1. The van der Waals surface area contributed by atoms with Gasteiger partial charge in [-0.05, 0) is 47.2 Å². The van der Waals surface area contributed by atoms with Crippen molar-refractivity contribution >= 4 is 35.0 Å². The van der Waals surface area contributed by atoms with Crippen LogP contribution in [0.4, 0.5) is 5.69 Å². The summed E-state index contributed by atoms with van der Waals surface area (Å²) < 4.78 is 6.72. The molecule has 0 aliphatic carbocycles. The zero-order valence-electron chi connectivity index (χ0n) is 14.1. The fourth-order valence-electron chi connectivity index (χ4n) is 2.26. The zero-order valence-corrected chi connectivity index (χ0v) is 15.7. The van der Waals surface area contributed by atoms with Crippen LogP contribution in [0.3, 0.4) is 0 Å². The molecule has 26 heavy (non-hydrogen) atoms. The SMILES string of the molecule is COc1cccc(NC(=O)CSc2nnnn2-c2cc(Cl)ccc2C)c1. The largest absolute Gasteiger partial charge is 0.497 e. The number of carbonyl (C=O) groups excluding carboxylic acids is 1. The van der Waals surface area contributed by atoms with Crippen LogP contribution < -0.4 is 10.1 Å². The van der Waals surface area contributed by atoms with Crippen molar-refractivity contribution in [2.75, 3.05) is 18.2 Å². The van der Waals surface area contributed by atoms with E-state index in [1.54, 1.807) is 36.1 Å². The van der Waals surface area contributed by atoms with E-state index < -0.39 is 0 Å². The van der Waals surface area contributed by atoms with Crippen LogP contribution in [0.15, 0.2) is 47.6 Å². The van der Waals surface area contributed by atoms with Gasteiger partial charge in [0.15, 0.2) is 0 Å². The number of nitrogens with one attached hydrogen (secondary N) is 1. The number of anilines is 1. The first-order chi connectivity index (χ1) is 12.6. The molecule has 0 fully saturated rings. The molecule has 0 aliphatic rings. The Morgan fingerprint density at radius 3 is 2.96 bits per heavy atom. The summed E-state index contributed by atoms with van der Waals surface area (Å²) in [6.45, 7) is 1.94. The van der Waals surface area contributed by atoms with Crippen LogP contribution in [0, 0.1) is 6.92 Å². The van der Waals surface area contributed by atoms with Crippen molar-refractivity contribution in [2.24, 2.45) is 0 Å². The van der Waals surface area contributed by atoms with Crippen molar-refractivity contribution in [3.8, 4) is 11.4 Å². The molecular formula is C17H16ClN5O2S. The highest BCUT2D eigenvalue weighted by atomic mass is 35.5. The second-order valence-electron chi connectivity index (χ2n) is 5.37. The summed E-state index contributed by atoms with van der Waals surface area (Å²) in [5, 5.41) is 15.6. The maximum Gasteiger partial charge on any atom is 0.234 e. The lowest BCUT2D eigenvalue weighted by Crippen LogP contribution is -2.14. The van der Waals surface area contributed by atoms with E-state index in [0.29, 0.717) is 21.6 Å². The number of nitrogens with zero attached hydrogens (tertiary/aromatic N) is 4. The molecule has 0 radical (unpaired) electrons. The van der Waals surface area contributed by atoms with Crippen LogP contribution in [-0.4, -0.2) is 39.0 Å². The highest BCUT2D eigenvalue weighted by Gasteiger charge is 2.14. The van der Waals surface area contributed by atoms with E-state index in [4.69, 9.17) is 16.3 Å². The van der Waals surface area contributed by atoms with Crippen LogP contribution >= 0.6 is 23.4 Å². The number of thioether (sulfide) groups is 1. The molecule has 1 aromatic heterocycles. The first-order valence-corrected chi connectivity index (χ1v) is 9.05. The smallest absolute Gasteiger partial charge is 0.234 e. The number of ether oxygens (including phenoxy) is 1. The Labute approximate surface area is 159 Å². The van der Waals surface area contributed by atoms with Gasteiger partial charge in [-0.1, -0.05) is 35.5 Å². The molecule has 1 heterocycles. The fraction of sp³-hybridized carbons (Fsp3) is 0.176. The number of benzene rings is 2. The highest BCUT2D eigenvalue weighted by Crippen LogP contribution is 2.24.